The predicted molar refractivity (Wildman–Crippen MR) is 68.7 cm³/mol. The van der Waals surface area contributed by atoms with Crippen LogP contribution < -0.4 is 10.6 Å². The van der Waals surface area contributed by atoms with Crippen molar-refractivity contribution in [1.29, 1.82) is 0 Å². The van der Waals surface area contributed by atoms with Crippen LogP contribution in [0.5, 0.6) is 0 Å². The maximum Gasteiger partial charge on any atom is 0.416 e. The molecule has 1 aliphatic carbocycles. The lowest BCUT2D eigenvalue weighted by Crippen LogP contribution is -2.37. The van der Waals surface area contributed by atoms with E-state index in [1.54, 1.807) is 0 Å². The van der Waals surface area contributed by atoms with Crippen molar-refractivity contribution in [3.05, 3.63) is 35.1 Å². The number of benzene rings is 1. The topological polar surface area (TPSA) is 24.1 Å². The third kappa shape index (κ3) is 4.45. The first-order valence-corrected chi connectivity index (χ1v) is 6.68. The highest BCUT2D eigenvalue weighted by molar-refractivity contribution is 5.27. The number of halogens is 4. The van der Waals surface area contributed by atoms with Gasteiger partial charge < -0.3 is 10.6 Å². The molecule has 0 heterocycles. The van der Waals surface area contributed by atoms with Crippen LogP contribution in [0.4, 0.5) is 17.6 Å². The second kappa shape index (κ2) is 6.10. The highest BCUT2D eigenvalue weighted by Gasteiger charge is 2.31. The first-order chi connectivity index (χ1) is 9.36. The lowest BCUT2D eigenvalue weighted by atomic mass is 10.1. The quantitative estimate of drug-likeness (QED) is 0.787. The molecule has 0 saturated heterocycles. The van der Waals surface area contributed by atoms with Gasteiger partial charge in [0.2, 0.25) is 0 Å². The summed E-state index contributed by atoms with van der Waals surface area (Å²) in [6.07, 6.45) is -2.09. The molecule has 1 unspecified atom stereocenters. The minimum atomic E-state index is -4.44. The van der Waals surface area contributed by atoms with E-state index < -0.39 is 17.6 Å². The summed E-state index contributed by atoms with van der Waals surface area (Å²) < 4.78 is 51.2. The van der Waals surface area contributed by atoms with E-state index in [9.17, 15) is 17.6 Å². The summed E-state index contributed by atoms with van der Waals surface area (Å²) in [5.41, 5.74) is -0.780. The Morgan fingerprint density at radius 1 is 1.30 bits per heavy atom. The van der Waals surface area contributed by atoms with Crippen LogP contribution in [0.1, 0.15) is 30.9 Å². The molecular weight excluding hydrogens is 272 g/mol. The van der Waals surface area contributed by atoms with Crippen LogP contribution in [0.2, 0.25) is 0 Å². The Kier molecular flexibility index (Phi) is 4.65. The Balaban J connectivity index is 1.90. The average Bonchev–Trinajstić information content (AvgIpc) is 3.18. The number of nitrogens with one attached hydrogen (secondary N) is 2. The minimum absolute atomic E-state index is 0.0399. The maximum absolute atomic E-state index is 13.5. The SMILES string of the molecule is CC(CNC1CC1)NCc1cc(C(F)(F)F)ccc1F. The zero-order valence-corrected chi connectivity index (χ0v) is 11.2. The van der Waals surface area contributed by atoms with Gasteiger partial charge in [0.15, 0.2) is 0 Å². The molecule has 20 heavy (non-hydrogen) atoms. The third-order valence-electron chi connectivity index (χ3n) is 3.30. The maximum atomic E-state index is 13.5. The van der Waals surface area contributed by atoms with E-state index in [0.717, 1.165) is 24.7 Å². The molecule has 6 heteroatoms. The van der Waals surface area contributed by atoms with Crippen molar-refractivity contribution < 1.29 is 17.6 Å². The second-order valence-electron chi connectivity index (χ2n) is 5.27. The molecule has 1 saturated carbocycles. The molecule has 1 atom stereocenters. The molecule has 1 fully saturated rings. The molecule has 112 valence electrons. The van der Waals surface area contributed by atoms with E-state index in [4.69, 9.17) is 0 Å². The fourth-order valence-electron chi connectivity index (χ4n) is 1.87. The fourth-order valence-corrected chi connectivity index (χ4v) is 1.87. The molecule has 1 aliphatic rings. The molecule has 1 aromatic rings. The van der Waals surface area contributed by atoms with E-state index >= 15 is 0 Å². The van der Waals surface area contributed by atoms with Crippen LogP contribution in [-0.4, -0.2) is 18.6 Å². The summed E-state index contributed by atoms with van der Waals surface area (Å²) in [6.45, 7) is 2.73. The van der Waals surface area contributed by atoms with Crippen molar-refractivity contribution in [1.82, 2.24) is 10.6 Å². The van der Waals surface area contributed by atoms with Gasteiger partial charge in [-0.05, 0) is 38.0 Å². The van der Waals surface area contributed by atoms with Gasteiger partial charge in [0.05, 0.1) is 5.56 Å². The summed E-state index contributed by atoms with van der Waals surface area (Å²) in [6, 6.07) is 3.14. The van der Waals surface area contributed by atoms with Crippen LogP contribution in [0.15, 0.2) is 18.2 Å². The Bertz CT molecular complexity index is 455. The molecule has 0 aromatic heterocycles. The Morgan fingerprint density at radius 3 is 2.60 bits per heavy atom. The van der Waals surface area contributed by atoms with E-state index in [1.807, 2.05) is 6.92 Å². The fraction of sp³-hybridized carbons (Fsp3) is 0.571. The summed E-state index contributed by atoms with van der Waals surface area (Å²) >= 11 is 0. The second-order valence-corrected chi connectivity index (χ2v) is 5.27. The van der Waals surface area contributed by atoms with Crippen LogP contribution in [0, 0.1) is 5.82 Å². The van der Waals surface area contributed by atoms with Gasteiger partial charge >= 0.3 is 6.18 Å². The standard InChI is InChI=1S/C14H18F4N2/c1-9(7-20-12-3-4-12)19-8-10-6-11(14(16,17)18)2-5-13(10)15/h2,5-6,9,12,19-20H,3-4,7-8H2,1H3. The number of hydrogen-bond acceptors (Lipinski definition) is 2. The molecule has 0 spiro atoms. The lowest BCUT2D eigenvalue weighted by Gasteiger charge is -2.16. The lowest BCUT2D eigenvalue weighted by molar-refractivity contribution is -0.137. The molecule has 0 bridgehead atoms. The smallest absolute Gasteiger partial charge is 0.312 e. The van der Waals surface area contributed by atoms with Gasteiger partial charge in [-0.25, -0.2) is 4.39 Å². The Hall–Kier alpha value is -1.14. The van der Waals surface area contributed by atoms with E-state index in [2.05, 4.69) is 10.6 Å². The molecule has 0 aliphatic heterocycles. The molecule has 0 amide bonds. The van der Waals surface area contributed by atoms with Crippen LogP contribution in [0.25, 0.3) is 0 Å². The van der Waals surface area contributed by atoms with Gasteiger partial charge in [0.1, 0.15) is 5.82 Å². The highest BCUT2D eigenvalue weighted by atomic mass is 19.4. The predicted octanol–water partition coefficient (Wildman–Crippen LogP) is 3.07. The molecular formula is C14H18F4N2. The van der Waals surface area contributed by atoms with E-state index in [-0.39, 0.29) is 18.2 Å². The summed E-state index contributed by atoms with van der Waals surface area (Å²) in [5.74, 6) is -0.618. The first kappa shape index (κ1) is 15.3. The highest BCUT2D eigenvalue weighted by Crippen LogP contribution is 2.30. The number of rotatable bonds is 6. The van der Waals surface area contributed by atoms with Gasteiger partial charge in [-0.3, -0.25) is 0 Å². The average molecular weight is 290 g/mol. The molecule has 2 rings (SSSR count). The summed E-state index contributed by atoms with van der Waals surface area (Å²) in [7, 11) is 0. The van der Waals surface area contributed by atoms with Crippen molar-refractivity contribution in [2.45, 2.75) is 44.6 Å². The molecule has 1 aromatic carbocycles. The van der Waals surface area contributed by atoms with Crippen LogP contribution in [0.3, 0.4) is 0 Å². The molecule has 2 N–H and O–H groups in total. The van der Waals surface area contributed by atoms with Gasteiger partial charge in [-0.15, -0.1) is 0 Å². The largest absolute Gasteiger partial charge is 0.416 e. The van der Waals surface area contributed by atoms with Crippen molar-refractivity contribution in [2.75, 3.05) is 6.54 Å². The summed E-state index contributed by atoms with van der Waals surface area (Å²) in [4.78, 5) is 0. The van der Waals surface area contributed by atoms with Crippen LogP contribution in [-0.2, 0) is 12.7 Å². The van der Waals surface area contributed by atoms with Crippen molar-refractivity contribution in [3.63, 3.8) is 0 Å². The van der Waals surface area contributed by atoms with Crippen molar-refractivity contribution in [2.24, 2.45) is 0 Å². The summed E-state index contributed by atoms with van der Waals surface area (Å²) in [5, 5.41) is 6.34. The Labute approximate surface area is 115 Å². The van der Waals surface area contributed by atoms with Crippen molar-refractivity contribution >= 4 is 0 Å². The third-order valence-corrected chi connectivity index (χ3v) is 3.30. The van der Waals surface area contributed by atoms with Crippen molar-refractivity contribution in [3.8, 4) is 0 Å². The van der Waals surface area contributed by atoms with E-state index in [1.165, 1.54) is 12.8 Å². The molecule has 0 radical (unpaired) electrons. The normalized spacial score (nSPS) is 17.2. The zero-order valence-electron chi connectivity index (χ0n) is 11.2. The van der Waals surface area contributed by atoms with E-state index in [0.29, 0.717) is 6.04 Å². The van der Waals surface area contributed by atoms with Gasteiger partial charge in [0, 0.05) is 30.7 Å². The zero-order chi connectivity index (χ0) is 14.8. The number of alkyl halides is 3. The van der Waals surface area contributed by atoms with Gasteiger partial charge in [-0.2, -0.15) is 13.2 Å². The minimum Gasteiger partial charge on any atom is -0.312 e. The first-order valence-electron chi connectivity index (χ1n) is 6.68. The Morgan fingerprint density at radius 2 is 2.00 bits per heavy atom. The van der Waals surface area contributed by atoms with Gasteiger partial charge in [0.25, 0.3) is 0 Å². The monoisotopic (exact) mass is 290 g/mol. The van der Waals surface area contributed by atoms with Gasteiger partial charge in [-0.1, -0.05) is 0 Å². The molecule has 2 nitrogen and oxygen atoms in total. The number of hydrogen-bond donors (Lipinski definition) is 2. The van der Waals surface area contributed by atoms with Crippen LogP contribution >= 0.6 is 0 Å².